The summed E-state index contributed by atoms with van der Waals surface area (Å²) >= 11 is 0. The summed E-state index contributed by atoms with van der Waals surface area (Å²) < 4.78 is 5.65. The summed E-state index contributed by atoms with van der Waals surface area (Å²) in [6, 6.07) is 15.1. The largest absolute Gasteiger partial charge is 0.491 e. The average Bonchev–Trinajstić information content (AvgIpc) is 2.46. The van der Waals surface area contributed by atoms with E-state index in [1.165, 1.54) is 0 Å². The van der Waals surface area contributed by atoms with Crippen LogP contribution in [0.1, 0.15) is 42.3 Å². The zero-order valence-corrected chi connectivity index (χ0v) is 12.2. The van der Waals surface area contributed by atoms with Crippen molar-refractivity contribution in [2.45, 2.75) is 33.3 Å². The lowest BCUT2D eigenvalue weighted by molar-refractivity contribution is 0.103. The second-order valence-electron chi connectivity index (χ2n) is 5.03. The van der Waals surface area contributed by atoms with Gasteiger partial charge in [0.1, 0.15) is 5.75 Å². The molecule has 2 heteroatoms. The first-order chi connectivity index (χ1) is 9.61. The van der Waals surface area contributed by atoms with Gasteiger partial charge in [-0.05, 0) is 38.0 Å². The first-order valence-electron chi connectivity index (χ1n) is 7.01. The lowest BCUT2D eigenvalue weighted by atomic mass is 9.97. The molecular formula is C18H20O2. The molecule has 0 saturated heterocycles. The second-order valence-corrected chi connectivity index (χ2v) is 5.03. The van der Waals surface area contributed by atoms with Crippen LogP contribution in [0, 0.1) is 0 Å². The first-order valence-corrected chi connectivity index (χ1v) is 7.01. The van der Waals surface area contributed by atoms with Crippen molar-refractivity contribution in [1.82, 2.24) is 0 Å². The van der Waals surface area contributed by atoms with Crippen LogP contribution in [0.2, 0.25) is 0 Å². The second kappa shape index (κ2) is 6.38. The Morgan fingerprint density at radius 2 is 1.85 bits per heavy atom. The van der Waals surface area contributed by atoms with Crippen molar-refractivity contribution >= 4 is 5.78 Å². The Morgan fingerprint density at radius 1 is 1.10 bits per heavy atom. The van der Waals surface area contributed by atoms with Gasteiger partial charge in [0.05, 0.1) is 6.10 Å². The molecule has 0 amide bonds. The smallest absolute Gasteiger partial charge is 0.193 e. The maximum Gasteiger partial charge on any atom is 0.193 e. The fourth-order valence-corrected chi connectivity index (χ4v) is 2.19. The molecule has 0 N–H and O–H groups in total. The van der Waals surface area contributed by atoms with Gasteiger partial charge in [0.15, 0.2) is 5.78 Å². The van der Waals surface area contributed by atoms with Gasteiger partial charge in [0.2, 0.25) is 0 Å². The van der Waals surface area contributed by atoms with Crippen LogP contribution < -0.4 is 4.74 Å². The summed E-state index contributed by atoms with van der Waals surface area (Å²) in [6.07, 6.45) is 0.952. The standard InChI is InChI=1S/C18H20O2/c1-4-14-8-5-6-11-17(14)18(19)15-9-7-10-16(12-15)20-13(2)3/h5-13H,4H2,1-3H3. The number of benzene rings is 2. The molecule has 0 fully saturated rings. The predicted molar refractivity (Wildman–Crippen MR) is 81.5 cm³/mol. The van der Waals surface area contributed by atoms with E-state index in [1.807, 2.05) is 62.4 Å². The molecule has 0 aromatic heterocycles. The average molecular weight is 268 g/mol. The van der Waals surface area contributed by atoms with E-state index in [4.69, 9.17) is 4.74 Å². The number of carbonyl (C=O) groups is 1. The number of rotatable bonds is 5. The van der Waals surface area contributed by atoms with Crippen LogP contribution >= 0.6 is 0 Å². The van der Waals surface area contributed by atoms with Gasteiger partial charge in [-0.3, -0.25) is 4.79 Å². The Morgan fingerprint density at radius 3 is 2.55 bits per heavy atom. The molecule has 0 radical (unpaired) electrons. The van der Waals surface area contributed by atoms with Crippen molar-refractivity contribution in [3.05, 3.63) is 65.2 Å². The minimum Gasteiger partial charge on any atom is -0.491 e. The monoisotopic (exact) mass is 268 g/mol. The van der Waals surface area contributed by atoms with E-state index in [1.54, 1.807) is 0 Å². The lowest BCUT2D eigenvalue weighted by Crippen LogP contribution is -2.08. The first kappa shape index (κ1) is 14.3. The maximum atomic E-state index is 12.6. The van der Waals surface area contributed by atoms with Crippen molar-refractivity contribution in [3.63, 3.8) is 0 Å². The Balaban J connectivity index is 2.33. The highest BCUT2D eigenvalue weighted by atomic mass is 16.5. The number of ether oxygens (including phenoxy) is 1. The van der Waals surface area contributed by atoms with Gasteiger partial charge in [-0.1, -0.05) is 43.3 Å². The Bertz CT molecular complexity index is 600. The fourth-order valence-electron chi connectivity index (χ4n) is 2.19. The quantitative estimate of drug-likeness (QED) is 0.757. The van der Waals surface area contributed by atoms with Crippen LogP contribution in [0.25, 0.3) is 0 Å². The number of carbonyl (C=O) groups excluding carboxylic acids is 1. The molecule has 20 heavy (non-hydrogen) atoms. The van der Waals surface area contributed by atoms with Crippen molar-refractivity contribution in [2.75, 3.05) is 0 Å². The summed E-state index contributed by atoms with van der Waals surface area (Å²) in [5.41, 5.74) is 2.52. The molecule has 0 spiro atoms. The number of hydrogen-bond acceptors (Lipinski definition) is 2. The molecule has 0 aliphatic carbocycles. The molecule has 104 valence electrons. The fraction of sp³-hybridized carbons (Fsp3) is 0.278. The Kier molecular flexibility index (Phi) is 4.57. The number of ketones is 1. The molecule has 2 aromatic carbocycles. The minimum absolute atomic E-state index is 0.0525. The van der Waals surface area contributed by atoms with Gasteiger partial charge in [0.25, 0.3) is 0 Å². The highest BCUT2D eigenvalue weighted by Gasteiger charge is 2.13. The Hall–Kier alpha value is -2.09. The van der Waals surface area contributed by atoms with Crippen LogP contribution in [0.15, 0.2) is 48.5 Å². The SMILES string of the molecule is CCc1ccccc1C(=O)c1cccc(OC(C)C)c1. The van der Waals surface area contributed by atoms with Gasteiger partial charge in [-0.2, -0.15) is 0 Å². The molecule has 0 unspecified atom stereocenters. The minimum atomic E-state index is 0.0525. The summed E-state index contributed by atoms with van der Waals surface area (Å²) in [5.74, 6) is 0.788. The molecule has 0 heterocycles. The van der Waals surface area contributed by atoms with Crippen molar-refractivity contribution in [2.24, 2.45) is 0 Å². The Labute approximate surface area is 120 Å². The van der Waals surface area contributed by atoms with Gasteiger partial charge in [0, 0.05) is 11.1 Å². The van der Waals surface area contributed by atoms with E-state index in [0.29, 0.717) is 5.56 Å². The van der Waals surface area contributed by atoms with Gasteiger partial charge < -0.3 is 4.74 Å². The third-order valence-corrected chi connectivity index (χ3v) is 3.11. The van der Waals surface area contributed by atoms with Crippen molar-refractivity contribution < 1.29 is 9.53 Å². The maximum absolute atomic E-state index is 12.6. The molecule has 0 aliphatic rings. The summed E-state index contributed by atoms with van der Waals surface area (Å²) in [4.78, 5) is 12.6. The molecule has 0 saturated carbocycles. The van der Waals surface area contributed by atoms with Crippen LogP contribution in [0.5, 0.6) is 5.75 Å². The third kappa shape index (κ3) is 3.27. The van der Waals surface area contributed by atoms with E-state index < -0.39 is 0 Å². The highest BCUT2D eigenvalue weighted by Crippen LogP contribution is 2.20. The molecule has 0 aliphatic heterocycles. The molecule has 2 rings (SSSR count). The molecule has 2 nitrogen and oxygen atoms in total. The number of hydrogen-bond donors (Lipinski definition) is 0. The van der Waals surface area contributed by atoms with Crippen molar-refractivity contribution in [1.29, 1.82) is 0 Å². The normalized spacial score (nSPS) is 10.6. The molecule has 0 bridgehead atoms. The van der Waals surface area contributed by atoms with E-state index >= 15 is 0 Å². The van der Waals surface area contributed by atoms with Crippen LogP contribution in [0.4, 0.5) is 0 Å². The van der Waals surface area contributed by atoms with Crippen LogP contribution in [-0.2, 0) is 6.42 Å². The highest BCUT2D eigenvalue weighted by molar-refractivity contribution is 6.10. The van der Waals surface area contributed by atoms with Gasteiger partial charge in [-0.25, -0.2) is 0 Å². The van der Waals surface area contributed by atoms with E-state index in [0.717, 1.165) is 23.3 Å². The van der Waals surface area contributed by atoms with Crippen LogP contribution in [0.3, 0.4) is 0 Å². The van der Waals surface area contributed by atoms with Crippen LogP contribution in [-0.4, -0.2) is 11.9 Å². The summed E-state index contributed by atoms with van der Waals surface area (Å²) in [5, 5.41) is 0. The zero-order valence-electron chi connectivity index (χ0n) is 12.2. The molecule has 0 atom stereocenters. The van der Waals surface area contributed by atoms with Crippen molar-refractivity contribution in [3.8, 4) is 5.75 Å². The third-order valence-electron chi connectivity index (χ3n) is 3.11. The molecular weight excluding hydrogens is 248 g/mol. The van der Waals surface area contributed by atoms with E-state index in [9.17, 15) is 4.79 Å². The van der Waals surface area contributed by atoms with E-state index in [2.05, 4.69) is 6.92 Å². The number of aryl methyl sites for hydroxylation is 1. The van der Waals surface area contributed by atoms with Gasteiger partial charge in [-0.15, -0.1) is 0 Å². The topological polar surface area (TPSA) is 26.3 Å². The summed E-state index contributed by atoms with van der Waals surface area (Å²) in [6.45, 7) is 6.01. The molecule has 2 aromatic rings. The van der Waals surface area contributed by atoms with Gasteiger partial charge >= 0.3 is 0 Å². The predicted octanol–water partition coefficient (Wildman–Crippen LogP) is 4.27. The lowest BCUT2D eigenvalue weighted by Gasteiger charge is -2.11. The zero-order chi connectivity index (χ0) is 14.5. The summed E-state index contributed by atoms with van der Waals surface area (Å²) in [7, 11) is 0. The van der Waals surface area contributed by atoms with E-state index in [-0.39, 0.29) is 11.9 Å².